The van der Waals surface area contributed by atoms with Crippen molar-refractivity contribution in [2.45, 2.75) is 57.3 Å². The van der Waals surface area contributed by atoms with Gasteiger partial charge in [-0.2, -0.15) is 0 Å². The SMILES string of the molecule is CC1(C)c2ccccc2-c2ccc(N(c3ccc(-c4ccccc4)cc3)c3cc(C4C5CC6CC(C5)CC4C6)cc([Si]4(c5ccccc5)c5ccccc5-c5ccccc54)c3)cc21. The quantitative estimate of drug-likeness (QED) is 0.145. The van der Waals surface area contributed by atoms with E-state index in [1.54, 1.807) is 5.56 Å². The molecule has 0 unspecified atom stereocenters. The number of fused-ring (bicyclic) bond motifs is 6. The molecule has 6 aliphatic rings. The van der Waals surface area contributed by atoms with Crippen LogP contribution in [-0.2, 0) is 5.41 Å². The lowest BCUT2D eigenvalue weighted by molar-refractivity contribution is -0.00273. The monoisotopic (exact) mass is 827 g/mol. The molecular weight excluding hydrogens is 775 g/mol. The maximum atomic E-state index is 2.76. The van der Waals surface area contributed by atoms with Gasteiger partial charge in [0.05, 0.1) is 0 Å². The van der Waals surface area contributed by atoms with Crippen molar-refractivity contribution in [1.82, 2.24) is 0 Å². The van der Waals surface area contributed by atoms with Crippen LogP contribution in [0.5, 0.6) is 0 Å². The fourth-order valence-corrected chi connectivity index (χ4v) is 19.3. The Bertz CT molecular complexity index is 2980. The van der Waals surface area contributed by atoms with E-state index in [2.05, 4.69) is 213 Å². The Labute approximate surface area is 374 Å². The molecule has 1 heterocycles. The van der Waals surface area contributed by atoms with Gasteiger partial charge in [0.1, 0.15) is 0 Å². The molecule has 14 rings (SSSR count). The lowest BCUT2D eigenvalue weighted by atomic mass is 9.51. The van der Waals surface area contributed by atoms with Gasteiger partial charge in [-0.15, -0.1) is 0 Å². The number of anilines is 3. The van der Waals surface area contributed by atoms with Crippen molar-refractivity contribution in [2.24, 2.45) is 23.7 Å². The molecule has 0 radical (unpaired) electrons. The van der Waals surface area contributed by atoms with E-state index in [0.29, 0.717) is 5.92 Å². The first-order valence-corrected chi connectivity index (χ1v) is 25.6. The van der Waals surface area contributed by atoms with E-state index in [0.717, 1.165) is 23.7 Å². The molecule has 8 aromatic rings. The molecule has 63 heavy (non-hydrogen) atoms. The highest BCUT2D eigenvalue weighted by molar-refractivity contribution is 7.22. The average molecular weight is 828 g/mol. The minimum atomic E-state index is -2.80. The lowest BCUT2D eigenvalue weighted by Gasteiger charge is -2.55. The molecule has 5 aliphatic carbocycles. The van der Waals surface area contributed by atoms with E-state index in [1.807, 2.05) is 0 Å². The predicted molar refractivity (Wildman–Crippen MR) is 267 cm³/mol. The molecule has 4 saturated carbocycles. The van der Waals surface area contributed by atoms with E-state index in [4.69, 9.17) is 0 Å². The first-order valence-electron chi connectivity index (χ1n) is 23.6. The Morgan fingerprint density at radius 1 is 0.413 bits per heavy atom. The molecule has 0 atom stereocenters. The maximum Gasteiger partial charge on any atom is 0.180 e. The largest absolute Gasteiger partial charge is 0.310 e. The predicted octanol–water partition coefficient (Wildman–Crippen LogP) is 13.0. The van der Waals surface area contributed by atoms with Gasteiger partial charge in [0.15, 0.2) is 8.07 Å². The van der Waals surface area contributed by atoms with E-state index in [1.165, 1.54) is 114 Å². The molecule has 2 heteroatoms. The van der Waals surface area contributed by atoms with Crippen LogP contribution in [0.1, 0.15) is 68.6 Å². The minimum Gasteiger partial charge on any atom is -0.310 e. The molecule has 4 fully saturated rings. The fourth-order valence-electron chi connectivity index (χ4n) is 14.1. The summed E-state index contributed by atoms with van der Waals surface area (Å²) in [7, 11) is -2.80. The summed E-state index contributed by atoms with van der Waals surface area (Å²) in [6, 6.07) is 75.1. The van der Waals surface area contributed by atoms with E-state index in [9.17, 15) is 0 Å². The molecule has 0 spiro atoms. The molecule has 0 saturated heterocycles. The van der Waals surface area contributed by atoms with Crippen molar-refractivity contribution < 1.29 is 0 Å². The van der Waals surface area contributed by atoms with Gasteiger partial charge in [0.25, 0.3) is 0 Å². The summed E-state index contributed by atoms with van der Waals surface area (Å²) in [6.07, 6.45) is 7.06. The van der Waals surface area contributed by atoms with E-state index in [-0.39, 0.29) is 5.41 Å². The average Bonchev–Trinajstić information content (AvgIpc) is 3.75. The minimum absolute atomic E-state index is 0.111. The van der Waals surface area contributed by atoms with Crippen LogP contribution >= 0.6 is 0 Å². The summed E-state index contributed by atoms with van der Waals surface area (Å²) in [5.74, 6) is 3.95. The Balaban J connectivity index is 1.09. The van der Waals surface area contributed by atoms with E-state index >= 15 is 0 Å². The standard InChI is InChI=1S/C61H53NSi/c1-61(2)56-22-12-9-19-52(56)53-30-29-48(39-57(53)61)62(47-27-25-43(26-28-47)42-15-5-3-6-16-42)49-36-46(60-44-32-40-31-41(34-44)35-45(60)33-40)37-51(38-49)63(50-17-7-4-8-18-50)58-23-13-10-20-54(58)55-21-11-14-24-59(55)63/h3-30,36-41,44-45,60H,31-35H2,1-2H3. The first kappa shape index (κ1) is 37.3. The van der Waals surface area contributed by atoms with E-state index < -0.39 is 8.07 Å². The van der Waals surface area contributed by atoms with Crippen LogP contribution in [0.2, 0.25) is 0 Å². The summed E-state index contributed by atoms with van der Waals surface area (Å²) < 4.78 is 0. The summed E-state index contributed by atoms with van der Waals surface area (Å²) >= 11 is 0. The van der Waals surface area contributed by atoms with Crippen LogP contribution in [0.3, 0.4) is 0 Å². The smallest absolute Gasteiger partial charge is 0.180 e. The van der Waals surface area contributed by atoms with Crippen molar-refractivity contribution in [3.63, 3.8) is 0 Å². The third-order valence-corrected chi connectivity index (χ3v) is 21.3. The van der Waals surface area contributed by atoms with Crippen molar-refractivity contribution >= 4 is 45.9 Å². The van der Waals surface area contributed by atoms with Gasteiger partial charge in [-0.25, -0.2) is 0 Å². The summed E-state index contributed by atoms with van der Waals surface area (Å²) in [4.78, 5) is 2.62. The fraction of sp³-hybridized carbons (Fsp3) is 0.213. The Hall–Kier alpha value is -6.22. The molecule has 1 nitrogen and oxygen atoms in total. The molecule has 306 valence electrons. The summed E-state index contributed by atoms with van der Waals surface area (Å²) in [5, 5.41) is 6.00. The van der Waals surface area contributed by atoms with Crippen molar-refractivity contribution in [2.75, 3.05) is 4.90 Å². The summed E-state index contributed by atoms with van der Waals surface area (Å²) in [6.45, 7) is 4.82. The van der Waals surface area contributed by atoms with Crippen molar-refractivity contribution in [3.8, 4) is 33.4 Å². The number of benzene rings is 8. The second kappa shape index (κ2) is 14.1. The van der Waals surface area contributed by atoms with Crippen LogP contribution < -0.4 is 25.6 Å². The van der Waals surface area contributed by atoms with Crippen LogP contribution in [0.15, 0.2) is 194 Å². The van der Waals surface area contributed by atoms with Crippen LogP contribution in [-0.4, -0.2) is 8.07 Å². The molecule has 0 amide bonds. The number of hydrogen-bond acceptors (Lipinski definition) is 1. The Morgan fingerprint density at radius 3 is 1.62 bits per heavy atom. The highest BCUT2D eigenvalue weighted by atomic mass is 28.3. The topological polar surface area (TPSA) is 3.24 Å². The van der Waals surface area contributed by atoms with Gasteiger partial charge in [-0.05, 0) is 169 Å². The number of rotatable bonds is 7. The third-order valence-electron chi connectivity index (χ3n) is 16.5. The highest BCUT2D eigenvalue weighted by Crippen LogP contribution is 2.60. The normalized spacial score (nSPS) is 22.5. The number of nitrogens with zero attached hydrogens (tertiary/aromatic N) is 1. The lowest BCUT2D eigenvalue weighted by Crippen LogP contribution is -2.73. The molecule has 4 bridgehead atoms. The molecule has 0 aromatic heterocycles. The van der Waals surface area contributed by atoms with Gasteiger partial charge in [0.2, 0.25) is 0 Å². The molecule has 0 N–H and O–H groups in total. The van der Waals surface area contributed by atoms with Gasteiger partial charge < -0.3 is 4.90 Å². The van der Waals surface area contributed by atoms with Crippen LogP contribution in [0, 0.1) is 23.7 Å². The zero-order valence-electron chi connectivity index (χ0n) is 36.3. The summed E-state index contributed by atoms with van der Waals surface area (Å²) in [5.41, 5.74) is 16.0. The van der Waals surface area contributed by atoms with Crippen molar-refractivity contribution in [3.05, 3.63) is 211 Å². The van der Waals surface area contributed by atoms with Crippen LogP contribution in [0.25, 0.3) is 33.4 Å². The second-order valence-electron chi connectivity index (χ2n) is 20.1. The Kier molecular flexibility index (Phi) is 8.38. The first-order chi connectivity index (χ1) is 30.9. The zero-order valence-corrected chi connectivity index (χ0v) is 37.3. The zero-order chi connectivity index (χ0) is 41.9. The van der Waals surface area contributed by atoms with Crippen molar-refractivity contribution in [1.29, 1.82) is 0 Å². The van der Waals surface area contributed by atoms with Gasteiger partial charge in [-0.3, -0.25) is 0 Å². The van der Waals surface area contributed by atoms with Gasteiger partial charge in [0, 0.05) is 22.5 Å². The van der Waals surface area contributed by atoms with Gasteiger partial charge in [-0.1, -0.05) is 172 Å². The third kappa shape index (κ3) is 5.60. The second-order valence-corrected chi connectivity index (χ2v) is 23.9. The number of hydrogen-bond donors (Lipinski definition) is 0. The Morgan fingerprint density at radius 2 is 0.952 bits per heavy atom. The highest BCUT2D eigenvalue weighted by Gasteiger charge is 2.51. The maximum absolute atomic E-state index is 2.80. The molecule has 1 aliphatic heterocycles. The van der Waals surface area contributed by atoms with Gasteiger partial charge >= 0.3 is 0 Å². The molecular formula is C61H53NSi. The molecule has 8 aromatic carbocycles. The van der Waals surface area contributed by atoms with Crippen LogP contribution in [0.4, 0.5) is 17.1 Å².